The first-order valence-electron chi connectivity index (χ1n) is 22.1. The van der Waals surface area contributed by atoms with Crippen LogP contribution in [0.25, 0.3) is 0 Å². The Bertz CT molecular complexity index is 2040. The SMILES string of the molecule is COCC[C@@H](CN1CCOCC1)Nc1cc(NC[C@@H]2C[C@H](SC(c3ccccc3)(c3ccccc3)c3ccccc3)CN2C(=O)OC(C)(C)C)ccc1CCc1ccc(F)cc1. The number of rotatable bonds is 18. The Hall–Kier alpha value is -4.87. The third-order valence-corrected chi connectivity index (χ3v) is 13.5. The van der Waals surface area contributed by atoms with Gasteiger partial charge >= 0.3 is 6.09 Å². The van der Waals surface area contributed by atoms with E-state index in [9.17, 15) is 9.18 Å². The van der Waals surface area contributed by atoms with Crippen LogP contribution < -0.4 is 10.6 Å². The fourth-order valence-electron chi connectivity index (χ4n) is 8.66. The molecule has 5 aromatic rings. The molecule has 0 spiro atoms. The predicted molar refractivity (Wildman–Crippen MR) is 252 cm³/mol. The second kappa shape index (κ2) is 21.5. The van der Waals surface area contributed by atoms with E-state index in [-0.39, 0.29) is 29.2 Å². The minimum atomic E-state index is -0.632. The molecule has 8 nitrogen and oxygen atoms in total. The molecule has 2 N–H and O–H groups in total. The van der Waals surface area contributed by atoms with Gasteiger partial charge in [-0.05, 0) is 98.5 Å². The fraction of sp³-hybridized carbons (Fsp3) is 0.404. The first kappa shape index (κ1) is 45.2. The molecule has 2 aliphatic heterocycles. The Balaban J connectivity index is 1.16. The fourth-order valence-corrected chi connectivity index (χ4v) is 10.5. The molecule has 62 heavy (non-hydrogen) atoms. The number of likely N-dealkylation sites (tertiary alicyclic amines) is 1. The van der Waals surface area contributed by atoms with Crippen molar-refractivity contribution >= 4 is 29.2 Å². The van der Waals surface area contributed by atoms with E-state index < -0.39 is 10.3 Å². The Morgan fingerprint density at radius 1 is 0.839 bits per heavy atom. The summed E-state index contributed by atoms with van der Waals surface area (Å²) in [5.41, 5.74) is 7.29. The smallest absolute Gasteiger partial charge is 0.410 e. The third kappa shape index (κ3) is 12.0. The average molecular weight is 859 g/mol. The molecule has 0 radical (unpaired) electrons. The van der Waals surface area contributed by atoms with E-state index >= 15 is 0 Å². The number of hydrogen-bond donors (Lipinski definition) is 2. The van der Waals surface area contributed by atoms with Gasteiger partial charge in [-0.1, -0.05) is 109 Å². The number of thioether (sulfide) groups is 1. The standard InChI is InChI=1S/C52H63FN4O4S/c1-51(2,3)61-50(58)57-38-48(62-52(41-14-8-5-9-15-41,42-16-10-6-11-17-42)43-18-12-7-13-19-43)35-47(57)36-54-45-27-24-40(23-20-39-21-25-44(53)26-22-39)49(34-45)55-46(28-31-59-4)37-56-29-32-60-33-30-56/h5-19,21-22,24-27,34,46-48,54-55H,20,23,28-33,35-38H2,1-4H3/t46-,47-,48-/m0/s1. The Labute approximate surface area is 372 Å². The van der Waals surface area contributed by atoms with E-state index in [0.717, 1.165) is 75.5 Å². The zero-order valence-electron chi connectivity index (χ0n) is 36.7. The van der Waals surface area contributed by atoms with Gasteiger partial charge in [-0.2, -0.15) is 0 Å². The zero-order valence-corrected chi connectivity index (χ0v) is 37.5. The predicted octanol–water partition coefficient (Wildman–Crippen LogP) is 10.3. The van der Waals surface area contributed by atoms with Crippen molar-refractivity contribution in [2.45, 2.75) is 74.1 Å². The van der Waals surface area contributed by atoms with Crippen LogP contribution in [0.2, 0.25) is 0 Å². The van der Waals surface area contributed by atoms with Gasteiger partial charge < -0.3 is 29.7 Å². The Morgan fingerprint density at radius 3 is 2.03 bits per heavy atom. The van der Waals surface area contributed by atoms with Crippen molar-refractivity contribution in [1.29, 1.82) is 0 Å². The Kier molecular flexibility index (Phi) is 15.6. The second-order valence-electron chi connectivity index (χ2n) is 17.5. The molecule has 328 valence electrons. The van der Waals surface area contributed by atoms with Crippen LogP contribution in [-0.4, -0.2) is 98.5 Å². The average Bonchev–Trinajstić information content (AvgIpc) is 3.70. The molecule has 0 saturated carbocycles. The number of nitrogens with zero attached hydrogens (tertiary/aromatic N) is 2. The van der Waals surface area contributed by atoms with E-state index in [0.29, 0.717) is 19.7 Å². The van der Waals surface area contributed by atoms with E-state index in [2.05, 4.69) is 125 Å². The maximum absolute atomic E-state index is 14.1. The van der Waals surface area contributed by atoms with Crippen LogP contribution in [0.3, 0.4) is 0 Å². The largest absolute Gasteiger partial charge is 0.444 e. The summed E-state index contributed by atoms with van der Waals surface area (Å²) in [4.78, 5) is 18.5. The van der Waals surface area contributed by atoms with Crippen molar-refractivity contribution in [2.75, 3.05) is 70.3 Å². The highest BCUT2D eigenvalue weighted by atomic mass is 32.2. The van der Waals surface area contributed by atoms with Gasteiger partial charge in [0.1, 0.15) is 11.4 Å². The Morgan fingerprint density at radius 2 is 1.45 bits per heavy atom. The topological polar surface area (TPSA) is 75.3 Å². The number of anilines is 2. The van der Waals surface area contributed by atoms with Crippen LogP contribution in [0.5, 0.6) is 0 Å². The number of carbonyl (C=O) groups excluding carboxylic acids is 1. The summed E-state index contributed by atoms with van der Waals surface area (Å²) in [7, 11) is 1.75. The van der Waals surface area contributed by atoms with Gasteiger partial charge in [0.2, 0.25) is 0 Å². The first-order valence-corrected chi connectivity index (χ1v) is 23.0. The lowest BCUT2D eigenvalue weighted by molar-refractivity contribution is 0.0235. The van der Waals surface area contributed by atoms with Gasteiger partial charge in [-0.25, -0.2) is 9.18 Å². The van der Waals surface area contributed by atoms with E-state index in [1.807, 2.05) is 49.6 Å². The first-order chi connectivity index (χ1) is 30.1. The number of benzene rings is 5. The number of morpholine rings is 1. The molecule has 1 amide bonds. The molecule has 2 heterocycles. The van der Waals surface area contributed by atoms with Crippen LogP contribution in [0, 0.1) is 5.82 Å². The van der Waals surface area contributed by atoms with Crippen molar-refractivity contribution in [3.05, 3.63) is 167 Å². The van der Waals surface area contributed by atoms with Crippen LogP contribution in [0.1, 0.15) is 61.4 Å². The van der Waals surface area contributed by atoms with Gasteiger partial charge in [0.05, 0.1) is 24.0 Å². The van der Waals surface area contributed by atoms with Crippen LogP contribution in [0.15, 0.2) is 133 Å². The molecule has 0 bridgehead atoms. The number of halogens is 1. The second-order valence-corrected chi connectivity index (χ2v) is 19.0. The highest BCUT2D eigenvalue weighted by molar-refractivity contribution is 8.01. The third-order valence-electron chi connectivity index (χ3n) is 11.7. The highest BCUT2D eigenvalue weighted by Crippen LogP contribution is 2.52. The normalized spacial score (nSPS) is 17.7. The number of methoxy groups -OCH3 is 1. The molecule has 2 fully saturated rings. The lowest BCUT2D eigenvalue weighted by atomic mass is 9.84. The summed E-state index contributed by atoms with van der Waals surface area (Å²) in [6.45, 7) is 11.7. The van der Waals surface area contributed by atoms with Crippen molar-refractivity contribution in [3.63, 3.8) is 0 Å². The maximum atomic E-state index is 14.1. The molecule has 7 rings (SSSR count). The number of carbonyl (C=O) groups is 1. The number of hydrogen-bond acceptors (Lipinski definition) is 8. The van der Waals surface area contributed by atoms with Crippen molar-refractivity contribution in [1.82, 2.24) is 9.80 Å². The monoisotopic (exact) mass is 858 g/mol. The lowest BCUT2D eigenvalue weighted by Gasteiger charge is -2.37. The van der Waals surface area contributed by atoms with Crippen molar-refractivity contribution in [3.8, 4) is 0 Å². The summed E-state index contributed by atoms with van der Waals surface area (Å²) in [5.74, 6) is -0.226. The van der Waals surface area contributed by atoms with Crippen molar-refractivity contribution in [2.24, 2.45) is 0 Å². The molecular weight excluding hydrogens is 796 g/mol. The minimum absolute atomic E-state index is 0.0998. The molecule has 10 heteroatoms. The zero-order chi connectivity index (χ0) is 43.4. The molecular formula is C52H63FN4O4S. The molecule has 0 unspecified atom stereocenters. The lowest BCUT2D eigenvalue weighted by Crippen LogP contribution is -2.43. The van der Waals surface area contributed by atoms with Crippen LogP contribution in [0.4, 0.5) is 20.6 Å². The molecule has 0 aromatic heterocycles. The number of amides is 1. The highest BCUT2D eigenvalue weighted by Gasteiger charge is 2.45. The summed E-state index contributed by atoms with van der Waals surface area (Å²) >= 11 is 1.93. The summed E-state index contributed by atoms with van der Waals surface area (Å²) < 4.78 is 30.5. The van der Waals surface area contributed by atoms with E-state index in [1.165, 1.54) is 34.4 Å². The van der Waals surface area contributed by atoms with Gasteiger partial charge in [0.15, 0.2) is 0 Å². The van der Waals surface area contributed by atoms with E-state index in [1.54, 1.807) is 7.11 Å². The minimum Gasteiger partial charge on any atom is -0.444 e. The molecule has 2 aliphatic rings. The van der Waals surface area contributed by atoms with Crippen LogP contribution in [-0.2, 0) is 31.8 Å². The summed E-state index contributed by atoms with van der Waals surface area (Å²) in [6.07, 6.45) is 2.93. The molecule has 5 aromatic carbocycles. The molecule has 2 saturated heterocycles. The van der Waals surface area contributed by atoms with E-state index in [4.69, 9.17) is 14.2 Å². The van der Waals surface area contributed by atoms with Crippen molar-refractivity contribution < 1.29 is 23.4 Å². The number of aryl methyl sites for hydroxylation is 2. The summed E-state index contributed by atoms with van der Waals surface area (Å²) in [5, 5.41) is 7.79. The molecule has 0 aliphatic carbocycles. The maximum Gasteiger partial charge on any atom is 0.410 e. The summed E-state index contributed by atoms with van der Waals surface area (Å²) in [6, 6.07) is 45.6. The van der Waals surface area contributed by atoms with Gasteiger partial charge in [-0.3, -0.25) is 4.90 Å². The molecule has 3 atom stereocenters. The number of nitrogens with one attached hydrogen (secondary N) is 2. The quantitative estimate of drug-likeness (QED) is 0.0845. The van der Waals surface area contributed by atoms with Crippen LogP contribution >= 0.6 is 11.8 Å². The van der Waals surface area contributed by atoms with Gasteiger partial charge in [-0.15, -0.1) is 11.8 Å². The van der Waals surface area contributed by atoms with Gasteiger partial charge in [0, 0.05) is 69.1 Å². The van der Waals surface area contributed by atoms with Gasteiger partial charge in [0.25, 0.3) is 0 Å². The number of ether oxygens (including phenoxy) is 3.